The lowest BCUT2D eigenvalue weighted by Crippen LogP contribution is -2.54. The summed E-state index contributed by atoms with van der Waals surface area (Å²) < 4.78 is 0. The van der Waals surface area contributed by atoms with Gasteiger partial charge >= 0.3 is 0 Å². The second-order valence-corrected chi connectivity index (χ2v) is 7.23. The molecule has 1 aliphatic carbocycles. The van der Waals surface area contributed by atoms with Gasteiger partial charge in [-0.25, -0.2) is 0 Å². The Morgan fingerprint density at radius 2 is 1.70 bits per heavy atom. The number of nitrogens with two attached hydrogens (primary N) is 1. The van der Waals surface area contributed by atoms with E-state index in [-0.39, 0.29) is 23.3 Å². The third kappa shape index (κ3) is 3.72. The fraction of sp³-hybridized carbons (Fsp3) is 0.867. The molecule has 5 nitrogen and oxygen atoms in total. The number of carbonyl (C=O) groups excluding carboxylic acids is 2. The molecule has 0 radical (unpaired) electrons. The maximum absolute atomic E-state index is 12.1. The normalized spacial score (nSPS) is 22.5. The largest absolute Gasteiger partial charge is 0.352 e. The molecule has 0 unspecified atom stereocenters. The molecule has 2 fully saturated rings. The second-order valence-electron chi connectivity index (χ2n) is 7.23. The third-order valence-corrected chi connectivity index (χ3v) is 4.30. The van der Waals surface area contributed by atoms with Crippen LogP contribution in [0.5, 0.6) is 0 Å². The van der Waals surface area contributed by atoms with Crippen molar-refractivity contribution in [1.29, 1.82) is 0 Å². The molecule has 2 rings (SSSR count). The predicted octanol–water partition coefficient (Wildman–Crippen LogP) is 0.877. The minimum absolute atomic E-state index is 0.0792. The van der Waals surface area contributed by atoms with E-state index in [1.807, 2.05) is 25.7 Å². The van der Waals surface area contributed by atoms with Crippen LogP contribution in [0.3, 0.4) is 0 Å². The predicted molar refractivity (Wildman–Crippen MR) is 77.9 cm³/mol. The first-order valence-corrected chi connectivity index (χ1v) is 7.64. The molecule has 0 bridgehead atoms. The summed E-state index contributed by atoms with van der Waals surface area (Å²) in [5.74, 6) is 0.515. The Morgan fingerprint density at radius 3 is 2.15 bits per heavy atom. The van der Waals surface area contributed by atoms with Gasteiger partial charge in [-0.3, -0.25) is 9.59 Å². The van der Waals surface area contributed by atoms with Gasteiger partial charge in [0.25, 0.3) is 0 Å². The van der Waals surface area contributed by atoms with Crippen molar-refractivity contribution >= 4 is 11.8 Å². The molecule has 1 atom stereocenters. The van der Waals surface area contributed by atoms with Crippen LogP contribution in [-0.4, -0.2) is 41.9 Å². The van der Waals surface area contributed by atoms with E-state index in [1.54, 1.807) is 0 Å². The van der Waals surface area contributed by atoms with Crippen LogP contribution >= 0.6 is 0 Å². The van der Waals surface area contributed by atoms with Gasteiger partial charge < -0.3 is 16.0 Å². The lowest BCUT2D eigenvalue weighted by Gasteiger charge is -2.34. The molecule has 20 heavy (non-hydrogen) atoms. The minimum Gasteiger partial charge on any atom is -0.352 e. The maximum atomic E-state index is 12.1. The number of hydrogen-bond donors (Lipinski definition) is 2. The molecule has 1 heterocycles. The number of rotatable bonds is 3. The molecular weight excluding hydrogens is 254 g/mol. The van der Waals surface area contributed by atoms with Crippen molar-refractivity contribution in [2.75, 3.05) is 13.1 Å². The minimum atomic E-state index is -0.492. The first kappa shape index (κ1) is 15.3. The fourth-order valence-electron chi connectivity index (χ4n) is 2.52. The highest BCUT2D eigenvalue weighted by atomic mass is 16.2. The summed E-state index contributed by atoms with van der Waals surface area (Å²) in [6.07, 6.45) is 3.77. The molecule has 1 aliphatic heterocycles. The molecule has 5 heteroatoms. The van der Waals surface area contributed by atoms with E-state index in [1.165, 1.54) is 0 Å². The van der Waals surface area contributed by atoms with E-state index in [9.17, 15) is 9.59 Å². The van der Waals surface area contributed by atoms with E-state index in [0.29, 0.717) is 5.91 Å². The lowest BCUT2D eigenvalue weighted by molar-refractivity contribution is -0.133. The summed E-state index contributed by atoms with van der Waals surface area (Å²) in [5.41, 5.74) is 5.73. The maximum Gasteiger partial charge on any atom is 0.237 e. The summed E-state index contributed by atoms with van der Waals surface area (Å²) in [6, 6.07) is -0.340. The van der Waals surface area contributed by atoms with Crippen molar-refractivity contribution in [2.45, 2.75) is 58.5 Å². The van der Waals surface area contributed by atoms with Gasteiger partial charge in [0.1, 0.15) is 0 Å². The van der Waals surface area contributed by atoms with Crippen molar-refractivity contribution in [2.24, 2.45) is 17.1 Å². The van der Waals surface area contributed by atoms with E-state index >= 15 is 0 Å². The molecule has 0 spiro atoms. The summed E-state index contributed by atoms with van der Waals surface area (Å²) in [5, 5.41) is 3.03. The van der Waals surface area contributed by atoms with Gasteiger partial charge in [-0.2, -0.15) is 0 Å². The SMILES string of the molecule is CC(C)(C)[C@@H](N)C(=O)NC1CCN(C(=O)C2CC2)CC1. The highest BCUT2D eigenvalue weighted by molar-refractivity contribution is 5.83. The average molecular weight is 281 g/mol. The van der Waals surface area contributed by atoms with Crippen molar-refractivity contribution < 1.29 is 9.59 Å². The van der Waals surface area contributed by atoms with Crippen LogP contribution in [0.4, 0.5) is 0 Å². The zero-order valence-electron chi connectivity index (χ0n) is 12.8. The number of nitrogens with zero attached hydrogens (tertiary/aromatic N) is 1. The molecule has 0 aromatic carbocycles. The second kappa shape index (κ2) is 5.72. The number of carbonyl (C=O) groups is 2. The van der Waals surface area contributed by atoms with Crippen LogP contribution in [0.25, 0.3) is 0 Å². The molecule has 2 amide bonds. The average Bonchev–Trinajstić information content (AvgIpc) is 3.21. The molecule has 1 saturated carbocycles. The van der Waals surface area contributed by atoms with Crippen LogP contribution in [0.1, 0.15) is 46.5 Å². The summed E-state index contributed by atoms with van der Waals surface area (Å²) in [7, 11) is 0. The van der Waals surface area contributed by atoms with E-state index < -0.39 is 6.04 Å². The van der Waals surface area contributed by atoms with Crippen molar-refractivity contribution in [3.8, 4) is 0 Å². The number of amides is 2. The summed E-state index contributed by atoms with van der Waals surface area (Å²) >= 11 is 0. The van der Waals surface area contributed by atoms with E-state index in [2.05, 4.69) is 5.32 Å². The standard InChI is InChI=1S/C15H27N3O2/c1-15(2,3)12(16)13(19)17-11-6-8-18(9-7-11)14(20)10-4-5-10/h10-12H,4-9,16H2,1-3H3,(H,17,19)/t12-/m0/s1. The topological polar surface area (TPSA) is 75.4 Å². The molecule has 114 valence electrons. The Hall–Kier alpha value is -1.10. The van der Waals surface area contributed by atoms with Crippen molar-refractivity contribution in [3.63, 3.8) is 0 Å². The number of likely N-dealkylation sites (tertiary alicyclic amines) is 1. The zero-order chi connectivity index (χ0) is 14.9. The highest BCUT2D eigenvalue weighted by Crippen LogP contribution is 2.31. The van der Waals surface area contributed by atoms with Gasteiger partial charge in [-0.15, -0.1) is 0 Å². The van der Waals surface area contributed by atoms with Gasteiger partial charge in [0.15, 0.2) is 0 Å². The van der Waals surface area contributed by atoms with Crippen LogP contribution in [-0.2, 0) is 9.59 Å². The first-order chi connectivity index (χ1) is 9.29. The molecule has 2 aliphatic rings. The van der Waals surface area contributed by atoms with E-state index in [4.69, 9.17) is 5.73 Å². The monoisotopic (exact) mass is 281 g/mol. The van der Waals surface area contributed by atoms with Gasteiger partial charge in [0, 0.05) is 25.0 Å². The van der Waals surface area contributed by atoms with Crippen LogP contribution in [0.2, 0.25) is 0 Å². The van der Waals surface area contributed by atoms with Crippen LogP contribution in [0, 0.1) is 11.3 Å². The Balaban J connectivity index is 1.76. The Kier molecular flexibility index (Phi) is 4.37. The quantitative estimate of drug-likeness (QED) is 0.806. The number of hydrogen-bond acceptors (Lipinski definition) is 3. The molecule has 1 saturated heterocycles. The smallest absolute Gasteiger partial charge is 0.237 e. The lowest BCUT2D eigenvalue weighted by atomic mass is 9.86. The van der Waals surface area contributed by atoms with Crippen LogP contribution < -0.4 is 11.1 Å². The molecule has 0 aromatic heterocycles. The molecule has 3 N–H and O–H groups in total. The van der Waals surface area contributed by atoms with Crippen LogP contribution in [0.15, 0.2) is 0 Å². The van der Waals surface area contributed by atoms with Gasteiger partial charge in [-0.1, -0.05) is 20.8 Å². The Morgan fingerprint density at radius 1 is 1.15 bits per heavy atom. The molecule has 0 aromatic rings. The Bertz CT molecular complexity index is 377. The number of piperidine rings is 1. The zero-order valence-corrected chi connectivity index (χ0v) is 12.8. The van der Waals surface area contributed by atoms with Crippen molar-refractivity contribution in [3.05, 3.63) is 0 Å². The summed E-state index contributed by atoms with van der Waals surface area (Å²) in [4.78, 5) is 26.0. The van der Waals surface area contributed by atoms with E-state index in [0.717, 1.165) is 38.8 Å². The van der Waals surface area contributed by atoms with Gasteiger partial charge in [-0.05, 0) is 31.1 Å². The fourth-order valence-corrected chi connectivity index (χ4v) is 2.52. The molecular formula is C15H27N3O2. The van der Waals surface area contributed by atoms with Gasteiger partial charge in [0.2, 0.25) is 11.8 Å². The first-order valence-electron chi connectivity index (χ1n) is 7.64. The number of nitrogens with one attached hydrogen (secondary N) is 1. The highest BCUT2D eigenvalue weighted by Gasteiger charge is 2.35. The van der Waals surface area contributed by atoms with Gasteiger partial charge in [0.05, 0.1) is 6.04 Å². The van der Waals surface area contributed by atoms with Crippen molar-refractivity contribution in [1.82, 2.24) is 10.2 Å². The Labute approximate surface area is 121 Å². The third-order valence-electron chi connectivity index (χ3n) is 4.30. The summed E-state index contributed by atoms with van der Waals surface area (Å²) in [6.45, 7) is 7.41.